The van der Waals surface area contributed by atoms with Gasteiger partial charge in [0.05, 0.1) is 4.90 Å². The third kappa shape index (κ3) is 3.59. The summed E-state index contributed by atoms with van der Waals surface area (Å²) in [4.78, 5) is 0.366. The van der Waals surface area contributed by atoms with Crippen molar-refractivity contribution in [2.24, 2.45) is 5.92 Å². The largest absolute Gasteiger partial charge is 0.310 e. The summed E-state index contributed by atoms with van der Waals surface area (Å²) in [5.74, 6) is 0.457. The second kappa shape index (κ2) is 6.24. The van der Waals surface area contributed by atoms with E-state index in [9.17, 15) is 8.42 Å². The van der Waals surface area contributed by atoms with Gasteiger partial charge in [0, 0.05) is 12.1 Å². The van der Waals surface area contributed by atoms with Crippen LogP contribution in [0, 0.1) is 5.92 Å². The van der Waals surface area contributed by atoms with E-state index in [0.29, 0.717) is 10.8 Å². The van der Waals surface area contributed by atoms with Crippen LogP contribution in [0.15, 0.2) is 29.2 Å². The van der Waals surface area contributed by atoms with E-state index >= 15 is 0 Å². The zero-order valence-electron chi connectivity index (χ0n) is 12.4. The van der Waals surface area contributed by atoms with E-state index < -0.39 is 10.0 Å². The Morgan fingerprint density at radius 3 is 2.60 bits per heavy atom. The highest BCUT2D eigenvalue weighted by molar-refractivity contribution is 7.89. The van der Waals surface area contributed by atoms with Gasteiger partial charge in [-0.1, -0.05) is 32.9 Å². The average molecular weight is 296 g/mol. The maximum atomic E-state index is 12.3. The first-order valence-electron chi connectivity index (χ1n) is 7.33. The van der Waals surface area contributed by atoms with Gasteiger partial charge in [-0.05, 0) is 43.0 Å². The number of hydrogen-bond acceptors (Lipinski definition) is 3. The number of nitrogens with one attached hydrogen (secondary N) is 2. The molecule has 1 fully saturated rings. The van der Waals surface area contributed by atoms with Crippen molar-refractivity contribution in [1.82, 2.24) is 10.0 Å². The molecule has 3 atom stereocenters. The van der Waals surface area contributed by atoms with Crippen LogP contribution in [0.4, 0.5) is 0 Å². The van der Waals surface area contributed by atoms with Crippen molar-refractivity contribution in [1.29, 1.82) is 0 Å². The lowest BCUT2D eigenvalue weighted by atomic mass is 10.0. The Bertz CT molecular complexity index is 557. The number of benzene rings is 1. The van der Waals surface area contributed by atoms with E-state index in [1.807, 2.05) is 12.1 Å². The van der Waals surface area contributed by atoms with Gasteiger partial charge in [0.15, 0.2) is 0 Å². The van der Waals surface area contributed by atoms with E-state index in [1.54, 1.807) is 12.1 Å². The van der Waals surface area contributed by atoms with Crippen molar-refractivity contribution in [3.8, 4) is 0 Å². The lowest BCUT2D eigenvalue weighted by Gasteiger charge is -2.17. The first kappa shape index (κ1) is 15.5. The van der Waals surface area contributed by atoms with Gasteiger partial charge in [0.2, 0.25) is 10.0 Å². The second-order valence-corrected chi connectivity index (χ2v) is 7.25. The van der Waals surface area contributed by atoms with Crippen LogP contribution in [0.1, 0.15) is 45.2 Å². The molecule has 4 nitrogen and oxygen atoms in total. The van der Waals surface area contributed by atoms with E-state index in [-0.39, 0.29) is 12.1 Å². The van der Waals surface area contributed by atoms with Gasteiger partial charge < -0.3 is 5.32 Å². The Balaban J connectivity index is 2.20. The molecule has 0 spiro atoms. The summed E-state index contributed by atoms with van der Waals surface area (Å²) in [6.07, 6.45) is 1.87. The molecule has 1 saturated carbocycles. The molecule has 1 aliphatic carbocycles. The van der Waals surface area contributed by atoms with Gasteiger partial charge >= 0.3 is 0 Å². The van der Waals surface area contributed by atoms with E-state index in [4.69, 9.17) is 0 Å². The van der Waals surface area contributed by atoms with Crippen molar-refractivity contribution in [3.63, 3.8) is 0 Å². The Morgan fingerprint density at radius 1 is 1.35 bits per heavy atom. The van der Waals surface area contributed by atoms with Crippen LogP contribution in [-0.2, 0) is 10.0 Å². The summed E-state index contributed by atoms with van der Waals surface area (Å²) in [7, 11) is -3.39. The molecule has 2 N–H and O–H groups in total. The summed E-state index contributed by atoms with van der Waals surface area (Å²) < 4.78 is 27.4. The molecule has 0 bridgehead atoms. The minimum Gasteiger partial charge on any atom is -0.310 e. The SMILES string of the molecule is CCNC(CC)c1cccc(S(=O)(=O)NC2CC2C)c1. The van der Waals surface area contributed by atoms with E-state index in [1.165, 1.54) is 0 Å². The number of rotatable bonds is 7. The minimum absolute atomic E-state index is 0.111. The van der Waals surface area contributed by atoms with E-state index in [0.717, 1.165) is 24.9 Å². The van der Waals surface area contributed by atoms with Crippen LogP contribution in [0.2, 0.25) is 0 Å². The van der Waals surface area contributed by atoms with Crippen LogP contribution < -0.4 is 10.0 Å². The Kier molecular flexibility index (Phi) is 4.83. The summed E-state index contributed by atoms with van der Waals surface area (Å²) in [5, 5.41) is 3.37. The summed E-state index contributed by atoms with van der Waals surface area (Å²) in [6, 6.07) is 7.56. The lowest BCUT2D eigenvalue weighted by molar-refractivity contribution is 0.535. The molecule has 0 heterocycles. The maximum Gasteiger partial charge on any atom is 0.240 e. The highest BCUT2D eigenvalue weighted by Crippen LogP contribution is 2.31. The molecule has 0 aromatic heterocycles. The zero-order chi connectivity index (χ0) is 14.8. The van der Waals surface area contributed by atoms with Crippen molar-refractivity contribution in [3.05, 3.63) is 29.8 Å². The van der Waals surface area contributed by atoms with Crippen molar-refractivity contribution >= 4 is 10.0 Å². The van der Waals surface area contributed by atoms with Gasteiger partial charge in [-0.25, -0.2) is 13.1 Å². The predicted molar refractivity (Wildman–Crippen MR) is 81.0 cm³/mol. The van der Waals surface area contributed by atoms with E-state index in [2.05, 4.69) is 30.8 Å². The van der Waals surface area contributed by atoms with Crippen LogP contribution in [0.5, 0.6) is 0 Å². The number of hydrogen-bond donors (Lipinski definition) is 2. The Hall–Kier alpha value is -0.910. The zero-order valence-corrected chi connectivity index (χ0v) is 13.2. The molecule has 0 radical (unpaired) electrons. The molecule has 0 aliphatic heterocycles. The first-order valence-corrected chi connectivity index (χ1v) is 8.82. The predicted octanol–water partition coefficient (Wildman–Crippen LogP) is 2.43. The standard InChI is InChI=1S/C15H24N2O2S/c1-4-14(16-5-2)12-7-6-8-13(10-12)20(18,19)17-15-9-11(15)3/h6-8,10-11,14-17H,4-5,9H2,1-3H3. The molecule has 0 saturated heterocycles. The van der Waals surface area contributed by atoms with Crippen molar-refractivity contribution < 1.29 is 8.42 Å². The van der Waals surface area contributed by atoms with Crippen LogP contribution in [0.25, 0.3) is 0 Å². The Labute approximate surface area is 122 Å². The van der Waals surface area contributed by atoms with Crippen molar-refractivity contribution in [2.45, 2.75) is 50.6 Å². The van der Waals surface area contributed by atoms with Gasteiger partial charge in [-0.2, -0.15) is 0 Å². The minimum atomic E-state index is -3.39. The fourth-order valence-electron chi connectivity index (χ4n) is 2.40. The fraction of sp³-hybridized carbons (Fsp3) is 0.600. The first-order chi connectivity index (χ1) is 9.47. The summed E-state index contributed by atoms with van der Waals surface area (Å²) >= 11 is 0. The van der Waals surface area contributed by atoms with Crippen molar-refractivity contribution in [2.75, 3.05) is 6.54 Å². The lowest BCUT2D eigenvalue weighted by Crippen LogP contribution is -2.27. The molecule has 20 heavy (non-hydrogen) atoms. The fourth-order valence-corrected chi connectivity index (χ4v) is 3.81. The summed E-state index contributed by atoms with van der Waals surface area (Å²) in [5.41, 5.74) is 1.03. The molecule has 112 valence electrons. The quantitative estimate of drug-likeness (QED) is 0.812. The molecule has 5 heteroatoms. The highest BCUT2D eigenvalue weighted by Gasteiger charge is 2.36. The third-order valence-corrected chi connectivity index (χ3v) is 5.33. The van der Waals surface area contributed by atoms with Gasteiger partial charge in [0.25, 0.3) is 0 Å². The molecule has 1 aromatic carbocycles. The maximum absolute atomic E-state index is 12.3. The third-order valence-electron chi connectivity index (χ3n) is 3.85. The molecular formula is C15H24N2O2S. The Morgan fingerprint density at radius 2 is 2.05 bits per heavy atom. The average Bonchev–Trinajstić information content (AvgIpc) is 3.10. The topological polar surface area (TPSA) is 58.2 Å². The van der Waals surface area contributed by atoms with Crippen LogP contribution >= 0.6 is 0 Å². The smallest absolute Gasteiger partial charge is 0.240 e. The molecule has 1 aliphatic rings. The van der Waals surface area contributed by atoms with Gasteiger partial charge in [-0.3, -0.25) is 0 Å². The molecule has 1 aromatic rings. The number of sulfonamides is 1. The van der Waals surface area contributed by atoms with Crippen LogP contribution in [0.3, 0.4) is 0 Å². The normalized spacial score (nSPS) is 23.6. The molecular weight excluding hydrogens is 272 g/mol. The van der Waals surface area contributed by atoms with Crippen LogP contribution in [-0.4, -0.2) is 21.0 Å². The highest BCUT2D eigenvalue weighted by atomic mass is 32.2. The molecule has 0 amide bonds. The van der Waals surface area contributed by atoms with Gasteiger partial charge in [-0.15, -0.1) is 0 Å². The second-order valence-electron chi connectivity index (χ2n) is 5.53. The summed E-state index contributed by atoms with van der Waals surface area (Å²) in [6.45, 7) is 7.08. The molecule has 2 rings (SSSR count). The monoisotopic (exact) mass is 296 g/mol. The molecule has 3 unspecified atom stereocenters. The van der Waals surface area contributed by atoms with Gasteiger partial charge in [0.1, 0.15) is 0 Å².